The molecule has 1 aliphatic rings. The summed E-state index contributed by atoms with van der Waals surface area (Å²) in [6.07, 6.45) is 0.605. The number of methoxy groups -OCH3 is 1. The lowest BCUT2D eigenvalue weighted by Gasteiger charge is -2.22. The van der Waals surface area contributed by atoms with Gasteiger partial charge in [0.25, 0.3) is 0 Å². The van der Waals surface area contributed by atoms with Crippen LogP contribution in [0.3, 0.4) is 0 Å². The number of hydrogen-bond acceptors (Lipinski definition) is 3. The van der Waals surface area contributed by atoms with E-state index in [-0.39, 0.29) is 16.9 Å². The summed E-state index contributed by atoms with van der Waals surface area (Å²) in [7, 11) is -2.26. The van der Waals surface area contributed by atoms with Gasteiger partial charge in [-0.25, -0.2) is 21.9 Å². The summed E-state index contributed by atoms with van der Waals surface area (Å²) >= 11 is 0. The second-order valence-corrected chi connectivity index (χ2v) is 9.03. The first kappa shape index (κ1) is 18.8. The molecule has 0 heterocycles. The lowest BCUT2D eigenvalue weighted by atomic mass is 9.87. The molecule has 1 saturated carbocycles. The second-order valence-electron chi connectivity index (χ2n) is 7.27. The molecule has 1 atom stereocenters. The van der Waals surface area contributed by atoms with E-state index in [0.29, 0.717) is 17.7 Å². The van der Waals surface area contributed by atoms with Crippen molar-refractivity contribution in [1.82, 2.24) is 4.72 Å². The molecule has 0 amide bonds. The van der Waals surface area contributed by atoms with Gasteiger partial charge < -0.3 is 4.74 Å². The molecule has 1 N–H and O–H groups in total. The molecule has 3 rings (SSSR count). The Kier molecular flexibility index (Phi) is 4.56. The molecule has 0 saturated heterocycles. The van der Waals surface area contributed by atoms with Gasteiger partial charge in [0.1, 0.15) is 17.4 Å². The maximum absolute atomic E-state index is 14.3. The van der Waals surface area contributed by atoms with Crippen LogP contribution in [-0.4, -0.2) is 22.1 Å². The number of nitrogens with one attached hydrogen (secondary N) is 1. The Morgan fingerprint density at radius 2 is 1.73 bits per heavy atom. The van der Waals surface area contributed by atoms with Gasteiger partial charge in [-0.1, -0.05) is 19.9 Å². The van der Waals surface area contributed by atoms with Crippen LogP contribution in [0.5, 0.6) is 5.75 Å². The van der Waals surface area contributed by atoms with E-state index in [1.54, 1.807) is 12.1 Å². The molecule has 26 heavy (non-hydrogen) atoms. The Bertz CT molecular complexity index is 926. The zero-order valence-electron chi connectivity index (χ0n) is 14.8. The molecule has 0 bridgehead atoms. The second kappa shape index (κ2) is 6.32. The average molecular weight is 381 g/mol. The number of sulfonamides is 1. The standard InChI is InChI=1S/C19H21F2NO3S/c1-18(2)11-19(18,16-9-4-13(20)10-17(16)21)12-22-26(23,24)15-7-5-14(25-3)6-8-15/h4-10,22H,11-12H2,1-3H3. The van der Waals surface area contributed by atoms with Gasteiger partial charge in [-0.15, -0.1) is 0 Å². The predicted octanol–water partition coefficient (Wildman–Crippen LogP) is 3.62. The van der Waals surface area contributed by atoms with Gasteiger partial charge in [-0.3, -0.25) is 0 Å². The van der Waals surface area contributed by atoms with Gasteiger partial charge >= 0.3 is 0 Å². The highest BCUT2D eigenvalue weighted by molar-refractivity contribution is 7.89. The average Bonchev–Trinajstić information content (AvgIpc) is 3.15. The Balaban J connectivity index is 1.85. The van der Waals surface area contributed by atoms with E-state index in [0.717, 1.165) is 6.07 Å². The van der Waals surface area contributed by atoms with E-state index >= 15 is 0 Å². The largest absolute Gasteiger partial charge is 0.497 e. The van der Waals surface area contributed by atoms with Crippen molar-refractivity contribution in [2.24, 2.45) is 5.41 Å². The van der Waals surface area contributed by atoms with Gasteiger partial charge in [-0.05, 0) is 47.7 Å². The molecule has 1 aliphatic carbocycles. The molecule has 0 aromatic heterocycles. The van der Waals surface area contributed by atoms with Crippen LogP contribution < -0.4 is 9.46 Å². The monoisotopic (exact) mass is 381 g/mol. The van der Waals surface area contributed by atoms with Gasteiger partial charge in [-0.2, -0.15) is 0 Å². The van der Waals surface area contributed by atoms with Crippen molar-refractivity contribution in [2.75, 3.05) is 13.7 Å². The van der Waals surface area contributed by atoms with Gasteiger partial charge in [0, 0.05) is 18.0 Å². The van der Waals surface area contributed by atoms with Crippen LogP contribution in [0.4, 0.5) is 8.78 Å². The Morgan fingerprint density at radius 3 is 2.23 bits per heavy atom. The highest BCUT2D eigenvalue weighted by Crippen LogP contribution is 2.64. The summed E-state index contributed by atoms with van der Waals surface area (Å²) in [6.45, 7) is 3.92. The first-order valence-corrected chi connectivity index (χ1v) is 9.69. The molecular formula is C19H21F2NO3S. The molecule has 0 spiro atoms. The molecule has 4 nitrogen and oxygen atoms in total. The van der Waals surface area contributed by atoms with Crippen molar-refractivity contribution in [2.45, 2.75) is 30.6 Å². The first-order chi connectivity index (χ1) is 12.1. The number of ether oxygens (including phenoxy) is 1. The highest BCUT2D eigenvalue weighted by Gasteiger charge is 2.62. The van der Waals surface area contributed by atoms with E-state index in [4.69, 9.17) is 4.74 Å². The quantitative estimate of drug-likeness (QED) is 0.832. The van der Waals surface area contributed by atoms with Crippen molar-refractivity contribution in [3.63, 3.8) is 0 Å². The Labute approximate surface area is 152 Å². The Morgan fingerprint density at radius 1 is 1.12 bits per heavy atom. The minimum Gasteiger partial charge on any atom is -0.497 e. The summed E-state index contributed by atoms with van der Waals surface area (Å²) in [6, 6.07) is 9.46. The summed E-state index contributed by atoms with van der Waals surface area (Å²) in [4.78, 5) is 0.103. The third-order valence-corrected chi connectivity index (χ3v) is 6.71. The van der Waals surface area contributed by atoms with Crippen molar-refractivity contribution in [3.05, 3.63) is 59.7 Å². The summed E-state index contributed by atoms with van der Waals surface area (Å²) in [5.74, 6) is -0.755. The predicted molar refractivity (Wildman–Crippen MR) is 94.6 cm³/mol. The molecular weight excluding hydrogens is 360 g/mol. The molecule has 2 aromatic rings. The van der Waals surface area contributed by atoms with Crippen LogP contribution in [0.25, 0.3) is 0 Å². The van der Waals surface area contributed by atoms with Gasteiger partial charge in [0.15, 0.2) is 0 Å². The first-order valence-electron chi connectivity index (χ1n) is 8.21. The summed E-state index contributed by atoms with van der Waals surface area (Å²) in [5.41, 5.74) is -0.667. The van der Waals surface area contributed by atoms with Gasteiger partial charge in [0.2, 0.25) is 10.0 Å². The Hall–Kier alpha value is -1.99. The van der Waals surface area contributed by atoms with Crippen molar-refractivity contribution >= 4 is 10.0 Å². The molecule has 140 valence electrons. The van der Waals surface area contributed by atoms with Crippen molar-refractivity contribution in [1.29, 1.82) is 0 Å². The SMILES string of the molecule is COc1ccc(S(=O)(=O)NCC2(c3ccc(F)cc3F)CC2(C)C)cc1. The fourth-order valence-corrected chi connectivity index (χ4v) is 4.60. The number of halogens is 2. The number of hydrogen-bond donors (Lipinski definition) is 1. The van der Waals surface area contributed by atoms with E-state index in [9.17, 15) is 17.2 Å². The molecule has 1 fully saturated rings. The fraction of sp³-hybridized carbons (Fsp3) is 0.368. The van der Waals surface area contributed by atoms with E-state index < -0.39 is 27.1 Å². The van der Waals surface area contributed by atoms with Gasteiger partial charge in [0.05, 0.1) is 12.0 Å². The number of benzene rings is 2. The third-order valence-electron chi connectivity index (χ3n) is 5.29. The minimum absolute atomic E-state index is 0.0386. The lowest BCUT2D eigenvalue weighted by Crippen LogP contribution is -2.35. The third kappa shape index (κ3) is 3.21. The molecule has 1 unspecified atom stereocenters. The number of rotatable bonds is 6. The van der Waals surface area contributed by atoms with E-state index in [1.165, 1.54) is 31.4 Å². The molecule has 0 aliphatic heterocycles. The maximum atomic E-state index is 14.3. The van der Waals surface area contributed by atoms with Crippen LogP contribution >= 0.6 is 0 Å². The summed E-state index contributed by atoms with van der Waals surface area (Å²) in [5, 5.41) is 0. The molecule has 0 radical (unpaired) electrons. The maximum Gasteiger partial charge on any atom is 0.240 e. The zero-order valence-corrected chi connectivity index (χ0v) is 15.7. The van der Waals surface area contributed by atoms with Crippen LogP contribution in [0.2, 0.25) is 0 Å². The zero-order chi connectivity index (χ0) is 19.2. The topological polar surface area (TPSA) is 55.4 Å². The minimum atomic E-state index is -3.76. The van der Waals surface area contributed by atoms with Crippen molar-refractivity contribution < 1.29 is 21.9 Å². The van der Waals surface area contributed by atoms with Crippen molar-refractivity contribution in [3.8, 4) is 5.75 Å². The van der Waals surface area contributed by atoms with Crippen LogP contribution in [-0.2, 0) is 15.4 Å². The van der Waals surface area contributed by atoms with Crippen LogP contribution in [0.1, 0.15) is 25.8 Å². The fourth-order valence-electron chi connectivity index (χ4n) is 3.50. The van der Waals surface area contributed by atoms with E-state index in [2.05, 4.69) is 4.72 Å². The molecule has 2 aromatic carbocycles. The summed E-state index contributed by atoms with van der Waals surface area (Å²) < 4.78 is 60.3. The van der Waals surface area contributed by atoms with E-state index in [1.807, 2.05) is 13.8 Å². The van der Waals surface area contributed by atoms with Crippen LogP contribution in [0, 0.1) is 17.0 Å². The highest BCUT2D eigenvalue weighted by atomic mass is 32.2. The smallest absolute Gasteiger partial charge is 0.240 e. The lowest BCUT2D eigenvalue weighted by molar-refractivity contribution is 0.414. The van der Waals surface area contributed by atoms with Crippen LogP contribution in [0.15, 0.2) is 47.4 Å². The normalized spacial score (nSPS) is 21.4. The molecule has 7 heteroatoms.